The van der Waals surface area contributed by atoms with Crippen LogP contribution in [0.5, 0.6) is 0 Å². The lowest BCUT2D eigenvalue weighted by atomic mass is 9.64. The largest absolute Gasteiger partial charge is 0.316 e. The van der Waals surface area contributed by atoms with Crippen molar-refractivity contribution in [3.63, 3.8) is 0 Å². The van der Waals surface area contributed by atoms with Crippen molar-refractivity contribution < 1.29 is 0 Å². The van der Waals surface area contributed by atoms with E-state index in [1.165, 1.54) is 30.4 Å². The van der Waals surface area contributed by atoms with E-state index in [2.05, 4.69) is 51.2 Å². The number of hydrogen-bond acceptors (Lipinski definition) is 1. The van der Waals surface area contributed by atoms with Gasteiger partial charge in [0.2, 0.25) is 0 Å². The van der Waals surface area contributed by atoms with Crippen LogP contribution in [0.15, 0.2) is 18.2 Å². The first kappa shape index (κ1) is 13.6. The Labute approximate surface area is 112 Å². The summed E-state index contributed by atoms with van der Waals surface area (Å²) in [6.45, 7) is 11.3. The van der Waals surface area contributed by atoms with Gasteiger partial charge in [-0.3, -0.25) is 0 Å². The molecular formula is C17H27N. The maximum atomic E-state index is 3.67. The van der Waals surface area contributed by atoms with Gasteiger partial charge < -0.3 is 5.32 Å². The van der Waals surface area contributed by atoms with E-state index < -0.39 is 0 Å². The predicted molar refractivity (Wildman–Crippen MR) is 79.2 cm³/mol. The zero-order valence-corrected chi connectivity index (χ0v) is 12.3. The molecule has 100 valence electrons. The fraction of sp³-hybridized carbons (Fsp3) is 0.647. The zero-order valence-electron chi connectivity index (χ0n) is 12.3. The van der Waals surface area contributed by atoms with E-state index in [4.69, 9.17) is 0 Å². The van der Waals surface area contributed by atoms with E-state index in [0.717, 1.165) is 19.0 Å². The summed E-state index contributed by atoms with van der Waals surface area (Å²) < 4.78 is 0. The number of aryl methyl sites for hydroxylation is 2. The number of rotatable bonds is 5. The van der Waals surface area contributed by atoms with Gasteiger partial charge in [-0.1, -0.05) is 49.6 Å². The summed E-state index contributed by atoms with van der Waals surface area (Å²) in [5.74, 6) is 0.737. The van der Waals surface area contributed by atoms with Crippen LogP contribution in [0.1, 0.15) is 49.8 Å². The molecule has 1 fully saturated rings. The third-order valence-electron chi connectivity index (χ3n) is 4.16. The molecule has 0 aliphatic heterocycles. The minimum atomic E-state index is 0.422. The minimum Gasteiger partial charge on any atom is -0.316 e. The summed E-state index contributed by atoms with van der Waals surface area (Å²) in [6.07, 6.45) is 4.08. The predicted octanol–water partition coefficient (Wildman–Crippen LogP) is 3.97. The fourth-order valence-corrected chi connectivity index (χ4v) is 3.05. The van der Waals surface area contributed by atoms with Crippen LogP contribution in [0, 0.1) is 19.8 Å². The van der Waals surface area contributed by atoms with E-state index in [9.17, 15) is 0 Å². The number of benzene rings is 1. The van der Waals surface area contributed by atoms with Gasteiger partial charge in [0.05, 0.1) is 0 Å². The highest BCUT2D eigenvalue weighted by atomic mass is 14.9. The van der Waals surface area contributed by atoms with E-state index in [1.807, 2.05) is 0 Å². The maximum absolute atomic E-state index is 3.67. The van der Waals surface area contributed by atoms with Crippen LogP contribution in [-0.2, 0) is 5.41 Å². The Balaban J connectivity index is 2.11. The third-order valence-corrected chi connectivity index (χ3v) is 4.16. The van der Waals surface area contributed by atoms with Crippen LogP contribution < -0.4 is 5.32 Å². The normalized spacial score (nSPS) is 17.8. The lowest BCUT2D eigenvalue weighted by Crippen LogP contribution is -2.44. The van der Waals surface area contributed by atoms with Gasteiger partial charge in [0.15, 0.2) is 0 Å². The van der Waals surface area contributed by atoms with Gasteiger partial charge >= 0.3 is 0 Å². The van der Waals surface area contributed by atoms with E-state index in [0.29, 0.717) is 5.41 Å². The Hall–Kier alpha value is -0.820. The molecule has 0 radical (unpaired) electrons. The topological polar surface area (TPSA) is 12.0 Å². The van der Waals surface area contributed by atoms with Crippen molar-refractivity contribution in [3.8, 4) is 0 Å². The van der Waals surface area contributed by atoms with Crippen LogP contribution in [0.2, 0.25) is 0 Å². The average Bonchev–Trinajstić information content (AvgIpc) is 2.19. The summed E-state index contributed by atoms with van der Waals surface area (Å²) in [5.41, 5.74) is 4.79. The Morgan fingerprint density at radius 2 is 1.72 bits per heavy atom. The van der Waals surface area contributed by atoms with Crippen molar-refractivity contribution in [1.82, 2.24) is 5.32 Å². The van der Waals surface area contributed by atoms with Gasteiger partial charge in [-0.2, -0.15) is 0 Å². The molecule has 1 aromatic carbocycles. The first-order valence-corrected chi connectivity index (χ1v) is 7.31. The molecule has 1 N–H and O–H groups in total. The molecular weight excluding hydrogens is 218 g/mol. The van der Waals surface area contributed by atoms with E-state index in [1.54, 1.807) is 5.56 Å². The lowest BCUT2D eigenvalue weighted by Gasteiger charge is -2.43. The molecule has 1 aliphatic rings. The van der Waals surface area contributed by atoms with Gasteiger partial charge in [0.25, 0.3) is 0 Å². The summed E-state index contributed by atoms with van der Waals surface area (Å²) in [5, 5.41) is 3.67. The Morgan fingerprint density at radius 3 is 2.17 bits per heavy atom. The zero-order chi connectivity index (χ0) is 13.2. The van der Waals surface area contributed by atoms with Crippen LogP contribution in [0.3, 0.4) is 0 Å². The summed E-state index contributed by atoms with van der Waals surface area (Å²) in [4.78, 5) is 0. The summed E-state index contributed by atoms with van der Waals surface area (Å²) in [6, 6.07) is 7.06. The van der Waals surface area contributed by atoms with Crippen molar-refractivity contribution in [3.05, 3.63) is 34.9 Å². The monoisotopic (exact) mass is 245 g/mol. The Morgan fingerprint density at radius 1 is 1.11 bits per heavy atom. The van der Waals surface area contributed by atoms with E-state index >= 15 is 0 Å². The van der Waals surface area contributed by atoms with Gasteiger partial charge in [-0.25, -0.2) is 0 Å². The molecule has 1 aliphatic carbocycles. The number of hydrogen-bond donors (Lipinski definition) is 1. The van der Waals surface area contributed by atoms with Gasteiger partial charge in [-0.05, 0) is 44.7 Å². The van der Waals surface area contributed by atoms with Gasteiger partial charge in [0.1, 0.15) is 0 Å². The van der Waals surface area contributed by atoms with Crippen molar-refractivity contribution >= 4 is 0 Å². The van der Waals surface area contributed by atoms with Crippen molar-refractivity contribution in [2.75, 3.05) is 13.1 Å². The first-order valence-electron chi connectivity index (χ1n) is 7.31. The van der Waals surface area contributed by atoms with Crippen LogP contribution in [-0.4, -0.2) is 13.1 Å². The molecule has 1 heteroatoms. The molecule has 0 aromatic heterocycles. The van der Waals surface area contributed by atoms with Crippen molar-refractivity contribution in [1.29, 1.82) is 0 Å². The molecule has 2 rings (SSSR count). The molecule has 0 amide bonds. The minimum absolute atomic E-state index is 0.422. The molecule has 0 atom stereocenters. The van der Waals surface area contributed by atoms with Crippen molar-refractivity contribution in [2.45, 2.75) is 52.4 Å². The first-order chi connectivity index (χ1) is 8.52. The highest BCUT2D eigenvalue weighted by molar-refractivity contribution is 5.36. The molecule has 18 heavy (non-hydrogen) atoms. The van der Waals surface area contributed by atoms with Crippen LogP contribution in [0.4, 0.5) is 0 Å². The molecule has 0 saturated heterocycles. The van der Waals surface area contributed by atoms with Crippen molar-refractivity contribution in [2.24, 2.45) is 5.92 Å². The van der Waals surface area contributed by atoms with Crippen LogP contribution in [0.25, 0.3) is 0 Å². The standard InChI is InChI=1S/C17H27N/c1-13(2)11-18-12-17(6-5-7-17)16-9-14(3)8-15(4)10-16/h8-10,13,18H,5-7,11-12H2,1-4H3. The second-order valence-corrected chi connectivity index (χ2v) is 6.54. The summed E-state index contributed by atoms with van der Waals surface area (Å²) in [7, 11) is 0. The molecule has 1 nitrogen and oxygen atoms in total. The molecule has 0 unspecified atom stereocenters. The second kappa shape index (κ2) is 5.44. The van der Waals surface area contributed by atoms with Gasteiger partial charge in [0, 0.05) is 12.0 Å². The Bertz CT molecular complexity index is 382. The molecule has 1 aromatic rings. The molecule has 1 saturated carbocycles. The van der Waals surface area contributed by atoms with E-state index in [-0.39, 0.29) is 0 Å². The summed E-state index contributed by atoms with van der Waals surface area (Å²) >= 11 is 0. The number of nitrogens with one attached hydrogen (secondary N) is 1. The third kappa shape index (κ3) is 2.95. The Kier molecular flexibility index (Phi) is 4.11. The highest BCUT2D eigenvalue weighted by Gasteiger charge is 2.38. The smallest absolute Gasteiger partial charge is 0.00780 e. The average molecular weight is 245 g/mol. The maximum Gasteiger partial charge on any atom is 0.00780 e. The molecule has 0 spiro atoms. The quantitative estimate of drug-likeness (QED) is 0.827. The van der Waals surface area contributed by atoms with Gasteiger partial charge in [-0.15, -0.1) is 0 Å². The fourth-order valence-electron chi connectivity index (χ4n) is 3.05. The second-order valence-electron chi connectivity index (χ2n) is 6.54. The molecule has 0 heterocycles. The SMILES string of the molecule is Cc1cc(C)cc(C2(CNCC(C)C)CCC2)c1. The lowest BCUT2D eigenvalue weighted by molar-refractivity contribution is 0.231. The van der Waals surface area contributed by atoms with Crippen LogP contribution >= 0.6 is 0 Å². The highest BCUT2D eigenvalue weighted by Crippen LogP contribution is 2.43. The molecule has 0 bridgehead atoms.